The van der Waals surface area contributed by atoms with E-state index in [9.17, 15) is 4.79 Å². The highest BCUT2D eigenvalue weighted by molar-refractivity contribution is 5.91. The number of ether oxygens (including phenoxy) is 3. The minimum absolute atomic E-state index is 0.0932. The standard InChI is InChI=1S/C23H33N3O5/c1-5-16(2)26(13-17-8-9-18(28-3)11-21(17)29-4)14-22-25-20(15-31-22)23(27)24-12-19-7-6-10-30-19/h8-9,11,15-16,19H,5-7,10,12-14H2,1-4H3,(H,24,27)/t16-,19+/m1/s1. The van der Waals surface area contributed by atoms with E-state index in [1.807, 2.05) is 18.2 Å². The first-order valence-corrected chi connectivity index (χ1v) is 10.8. The third-order valence-electron chi connectivity index (χ3n) is 5.72. The smallest absolute Gasteiger partial charge is 0.273 e. The summed E-state index contributed by atoms with van der Waals surface area (Å²) in [6, 6.07) is 6.10. The molecule has 0 saturated carbocycles. The molecule has 2 aromatic rings. The summed E-state index contributed by atoms with van der Waals surface area (Å²) in [7, 11) is 3.29. The summed E-state index contributed by atoms with van der Waals surface area (Å²) in [6.07, 6.45) is 4.49. The van der Waals surface area contributed by atoms with Crippen molar-refractivity contribution in [2.75, 3.05) is 27.4 Å². The SMILES string of the molecule is CC[C@@H](C)N(Cc1nc(C(=O)NC[C@@H]2CCCO2)co1)Cc1ccc(OC)cc1OC. The van der Waals surface area contributed by atoms with Crippen molar-refractivity contribution >= 4 is 5.91 Å². The molecule has 1 saturated heterocycles. The molecule has 0 spiro atoms. The normalized spacial score (nSPS) is 17.0. The van der Waals surface area contributed by atoms with Gasteiger partial charge >= 0.3 is 0 Å². The molecular weight excluding hydrogens is 398 g/mol. The predicted molar refractivity (Wildman–Crippen MR) is 116 cm³/mol. The monoisotopic (exact) mass is 431 g/mol. The van der Waals surface area contributed by atoms with Crippen LogP contribution in [0.3, 0.4) is 0 Å². The fourth-order valence-corrected chi connectivity index (χ4v) is 3.59. The first kappa shape index (κ1) is 23.1. The van der Waals surface area contributed by atoms with Gasteiger partial charge in [0.25, 0.3) is 5.91 Å². The highest BCUT2D eigenvalue weighted by Crippen LogP contribution is 2.27. The van der Waals surface area contributed by atoms with Gasteiger partial charge in [-0.1, -0.05) is 13.0 Å². The number of carbonyl (C=O) groups is 1. The molecule has 170 valence electrons. The Bertz CT molecular complexity index is 847. The Morgan fingerprint density at radius 2 is 2.16 bits per heavy atom. The largest absolute Gasteiger partial charge is 0.497 e. The minimum atomic E-state index is -0.239. The number of nitrogens with zero attached hydrogens (tertiary/aromatic N) is 2. The van der Waals surface area contributed by atoms with E-state index in [1.54, 1.807) is 14.2 Å². The third-order valence-corrected chi connectivity index (χ3v) is 5.72. The molecular formula is C23H33N3O5. The third kappa shape index (κ3) is 6.21. The highest BCUT2D eigenvalue weighted by atomic mass is 16.5. The van der Waals surface area contributed by atoms with Gasteiger partial charge in [0.1, 0.15) is 17.8 Å². The van der Waals surface area contributed by atoms with Crippen LogP contribution >= 0.6 is 0 Å². The average Bonchev–Trinajstić information content (AvgIpc) is 3.49. The molecule has 0 bridgehead atoms. The van der Waals surface area contributed by atoms with E-state index in [0.29, 0.717) is 31.2 Å². The first-order valence-electron chi connectivity index (χ1n) is 10.8. The molecule has 2 heterocycles. The molecule has 0 radical (unpaired) electrons. The van der Waals surface area contributed by atoms with Gasteiger partial charge in [0, 0.05) is 37.4 Å². The van der Waals surface area contributed by atoms with Crippen LogP contribution in [0.5, 0.6) is 11.5 Å². The molecule has 0 unspecified atom stereocenters. The van der Waals surface area contributed by atoms with Crippen molar-refractivity contribution in [2.45, 2.75) is 58.3 Å². The molecule has 8 nitrogen and oxygen atoms in total. The number of nitrogens with one attached hydrogen (secondary N) is 1. The Balaban J connectivity index is 1.65. The zero-order valence-corrected chi connectivity index (χ0v) is 18.8. The second-order valence-electron chi connectivity index (χ2n) is 7.81. The number of amides is 1. The Kier molecular flexibility index (Phi) is 8.31. The topological polar surface area (TPSA) is 86.1 Å². The molecule has 1 aliphatic rings. The van der Waals surface area contributed by atoms with Crippen molar-refractivity contribution in [3.63, 3.8) is 0 Å². The summed E-state index contributed by atoms with van der Waals surface area (Å²) in [5, 5.41) is 2.88. The summed E-state index contributed by atoms with van der Waals surface area (Å²) in [5.41, 5.74) is 1.34. The van der Waals surface area contributed by atoms with Crippen molar-refractivity contribution in [2.24, 2.45) is 0 Å². The van der Waals surface area contributed by atoms with Crippen LogP contribution in [0.1, 0.15) is 55.1 Å². The van der Waals surface area contributed by atoms with Gasteiger partial charge in [-0.25, -0.2) is 4.98 Å². The molecule has 1 aromatic heterocycles. The van der Waals surface area contributed by atoms with Crippen LogP contribution in [0.25, 0.3) is 0 Å². The molecule has 8 heteroatoms. The number of oxazole rings is 1. The van der Waals surface area contributed by atoms with Crippen LogP contribution in [-0.2, 0) is 17.8 Å². The highest BCUT2D eigenvalue weighted by Gasteiger charge is 2.21. The Morgan fingerprint density at radius 3 is 2.84 bits per heavy atom. The van der Waals surface area contributed by atoms with E-state index >= 15 is 0 Å². The van der Waals surface area contributed by atoms with E-state index in [-0.39, 0.29) is 18.1 Å². The van der Waals surface area contributed by atoms with Gasteiger partial charge < -0.3 is 23.9 Å². The lowest BCUT2D eigenvalue weighted by Gasteiger charge is -2.27. The van der Waals surface area contributed by atoms with Crippen LogP contribution in [0, 0.1) is 0 Å². The summed E-state index contributed by atoms with van der Waals surface area (Å²) < 4.78 is 22.0. The van der Waals surface area contributed by atoms with Crippen LogP contribution in [0.2, 0.25) is 0 Å². The minimum Gasteiger partial charge on any atom is -0.497 e. The lowest BCUT2D eigenvalue weighted by Crippen LogP contribution is -2.32. The summed E-state index contributed by atoms with van der Waals surface area (Å²) in [4.78, 5) is 19.1. The van der Waals surface area contributed by atoms with Crippen molar-refractivity contribution in [3.05, 3.63) is 41.6 Å². The van der Waals surface area contributed by atoms with Crippen LogP contribution in [0.15, 0.2) is 28.9 Å². The van der Waals surface area contributed by atoms with Crippen LogP contribution in [0.4, 0.5) is 0 Å². The van der Waals surface area contributed by atoms with E-state index in [2.05, 4.69) is 29.0 Å². The van der Waals surface area contributed by atoms with E-state index in [1.165, 1.54) is 6.26 Å². The number of methoxy groups -OCH3 is 2. The van der Waals surface area contributed by atoms with Gasteiger partial charge in [-0.15, -0.1) is 0 Å². The van der Waals surface area contributed by atoms with Gasteiger partial charge in [0.05, 0.1) is 26.9 Å². The average molecular weight is 432 g/mol. The van der Waals surface area contributed by atoms with Crippen molar-refractivity contribution in [3.8, 4) is 11.5 Å². The zero-order valence-electron chi connectivity index (χ0n) is 18.8. The Morgan fingerprint density at radius 1 is 1.32 bits per heavy atom. The van der Waals surface area contributed by atoms with Gasteiger partial charge in [0.2, 0.25) is 5.89 Å². The molecule has 1 aliphatic heterocycles. The van der Waals surface area contributed by atoms with Crippen LogP contribution < -0.4 is 14.8 Å². The van der Waals surface area contributed by atoms with Gasteiger partial charge in [-0.3, -0.25) is 9.69 Å². The molecule has 2 atom stereocenters. The lowest BCUT2D eigenvalue weighted by atomic mass is 10.1. The van der Waals surface area contributed by atoms with E-state index in [4.69, 9.17) is 18.6 Å². The van der Waals surface area contributed by atoms with Crippen LogP contribution in [-0.4, -0.2) is 55.3 Å². The maximum atomic E-state index is 12.4. The fourth-order valence-electron chi connectivity index (χ4n) is 3.59. The maximum absolute atomic E-state index is 12.4. The second kappa shape index (κ2) is 11.2. The van der Waals surface area contributed by atoms with Crippen molar-refractivity contribution < 1.29 is 23.4 Å². The van der Waals surface area contributed by atoms with Crippen molar-refractivity contribution in [1.82, 2.24) is 15.2 Å². The molecule has 31 heavy (non-hydrogen) atoms. The zero-order chi connectivity index (χ0) is 22.2. The number of hydrogen-bond acceptors (Lipinski definition) is 7. The number of hydrogen-bond donors (Lipinski definition) is 1. The summed E-state index contributed by atoms with van der Waals surface area (Å²) >= 11 is 0. The quantitative estimate of drug-likeness (QED) is 0.583. The van der Waals surface area contributed by atoms with E-state index < -0.39 is 0 Å². The number of rotatable bonds is 11. The molecule has 0 aliphatic carbocycles. The van der Waals surface area contributed by atoms with E-state index in [0.717, 1.165) is 42.9 Å². The van der Waals surface area contributed by atoms with Gasteiger partial charge in [0.15, 0.2) is 5.69 Å². The van der Waals surface area contributed by atoms with Gasteiger partial charge in [-0.05, 0) is 32.3 Å². The molecule has 3 rings (SSSR count). The number of aromatic nitrogens is 1. The number of carbonyl (C=O) groups excluding carboxylic acids is 1. The first-order chi connectivity index (χ1) is 15.0. The van der Waals surface area contributed by atoms with Gasteiger partial charge in [-0.2, -0.15) is 0 Å². The molecule has 1 aromatic carbocycles. The Hall–Kier alpha value is -2.58. The molecule has 1 fully saturated rings. The lowest BCUT2D eigenvalue weighted by molar-refractivity contribution is 0.0853. The number of benzene rings is 1. The molecule has 1 amide bonds. The fraction of sp³-hybridized carbons (Fsp3) is 0.565. The molecule has 1 N–H and O–H groups in total. The maximum Gasteiger partial charge on any atom is 0.273 e. The second-order valence-corrected chi connectivity index (χ2v) is 7.81. The predicted octanol–water partition coefficient (Wildman–Crippen LogP) is 3.40. The Labute approximate surface area is 183 Å². The summed E-state index contributed by atoms with van der Waals surface area (Å²) in [5.74, 6) is 1.80. The van der Waals surface area contributed by atoms with Crippen molar-refractivity contribution in [1.29, 1.82) is 0 Å². The summed E-state index contributed by atoms with van der Waals surface area (Å²) in [6.45, 7) is 6.71.